The molecule has 2 aromatic rings. The molecule has 1 fully saturated rings. The second kappa shape index (κ2) is 13.4. The summed E-state index contributed by atoms with van der Waals surface area (Å²) >= 11 is 0. The lowest BCUT2D eigenvalue weighted by atomic mass is 9.96. The highest BCUT2D eigenvalue weighted by Crippen LogP contribution is 2.16. The normalized spacial score (nSPS) is 15.6. The van der Waals surface area contributed by atoms with Crippen LogP contribution in [0, 0.1) is 5.92 Å². The van der Waals surface area contributed by atoms with E-state index in [0.717, 1.165) is 37.3 Å². The molecule has 5 nitrogen and oxygen atoms in total. The van der Waals surface area contributed by atoms with E-state index in [9.17, 15) is 4.79 Å². The summed E-state index contributed by atoms with van der Waals surface area (Å²) in [6, 6.07) is 14.0. The molecule has 1 amide bonds. The number of halogens is 2. The SMILES string of the molecule is Cl.Cl.O=C(CN(Cc1cccnc1)c1ccccc1)NCCC1CCCNC1. The van der Waals surface area contributed by atoms with Gasteiger partial charge in [0.1, 0.15) is 0 Å². The number of nitrogens with one attached hydrogen (secondary N) is 2. The predicted octanol–water partition coefficient (Wildman–Crippen LogP) is 3.44. The maximum absolute atomic E-state index is 12.5. The molecule has 1 aromatic heterocycles. The van der Waals surface area contributed by atoms with Crippen LogP contribution in [0.2, 0.25) is 0 Å². The summed E-state index contributed by atoms with van der Waals surface area (Å²) in [6.07, 6.45) is 7.17. The van der Waals surface area contributed by atoms with Gasteiger partial charge in [-0.15, -0.1) is 24.8 Å². The highest BCUT2D eigenvalue weighted by molar-refractivity contribution is 5.85. The Morgan fingerprint density at radius 1 is 1.18 bits per heavy atom. The molecular weight excluding hydrogens is 395 g/mol. The van der Waals surface area contributed by atoms with Crippen molar-refractivity contribution < 1.29 is 4.79 Å². The number of aromatic nitrogens is 1. The van der Waals surface area contributed by atoms with Gasteiger partial charge in [0, 0.05) is 31.2 Å². The number of carbonyl (C=O) groups is 1. The topological polar surface area (TPSA) is 57.3 Å². The number of hydrogen-bond donors (Lipinski definition) is 2. The fourth-order valence-corrected chi connectivity index (χ4v) is 3.40. The van der Waals surface area contributed by atoms with Crippen LogP contribution in [0.5, 0.6) is 0 Å². The van der Waals surface area contributed by atoms with Crippen LogP contribution in [-0.2, 0) is 11.3 Å². The highest BCUT2D eigenvalue weighted by Gasteiger charge is 2.15. The Morgan fingerprint density at radius 2 is 2.00 bits per heavy atom. The summed E-state index contributed by atoms with van der Waals surface area (Å²) in [4.78, 5) is 18.7. The number of pyridine rings is 1. The van der Waals surface area contributed by atoms with E-state index in [1.165, 1.54) is 12.8 Å². The number of carbonyl (C=O) groups excluding carboxylic acids is 1. The van der Waals surface area contributed by atoms with Gasteiger partial charge in [0.2, 0.25) is 5.91 Å². The van der Waals surface area contributed by atoms with Crippen LogP contribution in [-0.4, -0.2) is 37.1 Å². The first kappa shape index (κ1) is 24.2. The molecule has 3 rings (SSSR count). The van der Waals surface area contributed by atoms with Crippen molar-refractivity contribution in [2.75, 3.05) is 31.1 Å². The lowest BCUT2D eigenvalue weighted by Crippen LogP contribution is -2.38. The highest BCUT2D eigenvalue weighted by atomic mass is 35.5. The van der Waals surface area contributed by atoms with Gasteiger partial charge >= 0.3 is 0 Å². The standard InChI is InChI=1S/C21H28N4O.2ClH/c26-21(24-13-10-18-6-4-11-22-14-18)17-25(20-8-2-1-3-9-20)16-19-7-5-12-23-15-19;;/h1-3,5,7-9,12,15,18,22H,4,6,10-11,13-14,16-17H2,(H,24,26);2*1H. The molecule has 0 aliphatic carbocycles. The maximum Gasteiger partial charge on any atom is 0.239 e. The molecule has 1 aliphatic heterocycles. The van der Waals surface area contributed by atoms with E-state index >= 15 is 0 Å². The number of anilines is 1. The molecule has 0 saturated carbocycles. The minimum absolute atomic E-state index is 0. The van der Waals surface area contributed by atoms with Gasteiger partial charge in [0.25, 0.3) is 0 Å². The maximum atomic E-state index is 12.5. The fourth-order valence-electron chi connectivity index (χ4n) is 3.40. The Bertz CT molecular complexity index is 667. The fraction of sp³-hybridized carbons (Fsp3) is 0.429. The zero-order chi connectivity index (χ0) is 18.0. The number of piperidine rings is 1. The van der Waals surface area contributed by atoms with Crippen molar-refractivity contribution in [1.29, 1.82) is 0 Å². The van der Waals surface area contributed by atoms with Crippen LogP contribution in [0.25, 0.3) is 0 Å². The summed E-state index contributed by atoms with van der Waals surface area (Å²) in [7, 11) is 0. The van der Waals surface area contributed by atoms with Gasteiger partial charge in [0.15, 0.2) is 0 Å². The Kier molecular flexibility index (Phi) is 11.6. The monoisotopic (exact) mass is 424 g/mol. The van der Waals surface area contributed by atoms with E-state index in [0.29, 0.717) is 19.0 Å². The van der Waals surface area contributed by atoms with Gasteiger partial charge in [-0.3, -0.25) is 9.78 Å². The quantitative estimate of drug-likeness (QED) is 0.681. The minimum Gasteiger partial charge on any atom is -0.358 e. The van der Waals surface area contributed by atoms with Gasteiger partial charge in [-0.25, -0.2) is 0 Å². The van der Waals surface area contributed by atoms with Crippen LogP contribution in [0.3, 0.4) is 0 Å². The van der Waals surface area contributed by atoms with Crippen molar-refractivity contribution in [2.24, 2.45) is 5.92 Å². The summed E-state index contributed by atoms with van der Waals surface area (Å²) in [5.74, 6) is 0.756. The molecule has 2 N–H and O–H groups in total. The van der Waals surface area contributed by atoms with Crippen LogP contribution >= 0.6 is 24.8 Å². The van der Waals surface area contributed by atoms with E-state index in [2.05, 4.69) is 20.5 Å². The second-order valence-electron chi connectivity index (χ2n) is 6.90. The molecule has 7 heteroatoms. The van der Waals surface area contributed by atoms with Crippen LogP contribution in [0.1, 0.15) is 24.8 Å². The van der Waals surface area contributed by atoms with E-state index in [-0.39, 0.29) is 30.7 Å². The van der Waals surface area contributed by atoms with Crippen molar-refractivity contribution >= 4 is 36.4 Å². The minimum atomic E-state index is 0. The number of nitrogens with zero attached hydrogens (tertiary/aromatic N) is 2. The summed E-state index contributed by atoms with van der Waals surface area (Å²) < 4.78 is 0. The molecule has 1 saturated heterocycles. The molecule has 0 radical (unpaired) electrons. The third-order valence-corrected chi connectivity index (χ3v) is 4.83. The number of para-hydroxylation sites is 1. The molecule has 2 heterocycles. The molecule has 1 aromatic carbocycles. The van der Waals surface area contributed by atoms with Gasteiger partial charge in [-0.05, 0) is 62.0 Å². The zero-order valence-electron chi connectivity index (χ0n) is 16.0. The van der Waals surface area contributed by atoms with Crippen molar-refractivity contribution in [2.45, 2.75) is 25.8 Å². The summed E-state index contributed by atoms with van der Waals surface area (Å²) in [5.41, 5.74) is 2.14. The van der Waals surface area contributed by atoms with Crippen LogP contribution in [0.15, 0.2) is 54.9 Å². The van der Waals surface area contributed by atoms with Crippen molar-refractivity contribution in [1.82, 2.24) is 15.6 Å². The summed E-state index contributed by atoms with van der Waals surface area (Å²) in [5, 5.41) is 6.52. The van der Waals surface area contributed by atoms with Gasteiger partial charge < -0.3 is 15.5 Å². The first-order valence-electron chi connectivity index (χ1n) is 9.47. The molecule has 154 valence electrons. The third kappa shape index (κ3) is 8.05. The molecule has 1 unspecified atom stereocenters. The average molecular weight is 425 g/mol. The van der Waals surface area contributed by atoms with Gasteiger partial charge in [0.05, 0.1) is 6.54 Å². The molecule has 28 heavy (non-hydrogen) atoms. The van der Waals surface area contributed by atoms with E-state index in [1.807, 2.05) is 48.7 Å². The molecular formula is C21H30Cl2N4O. The number of rotatable bonds is 8. The first-order chi connectivity index (χ1) is 12.8. The number of hydrogen-bond acceptors (Lipinski definition) is 4. The Morgan fingerprint density at radius 3 is 2.68 bits per heavy atom. The number of benzene rings is 1. The van der Waals surface area contributed by atoms with E-state index < -0.39 is 0 Å². The molecule has 0 spiro atoms. The van der Waals surface area contributed by atoms with Crippen LogP contribution in [0.4, 0.5) is 5.69 Å². The van der Waals surface area contributed by atoms with Gasteiger partial charge in [-0.1, -0.05) is 24.3 Å². The van der Waals surface area contributed by atoms with Crippen molar-refractivity contribution in [3.8, 4) is 0 Å². The average Bonchev–Trinajstić information content (AvgIpc) is 2.70. The Hall–Kier alpha value is -1.82. The largest absolute Gasteiger partial charge is 0.358 e. The molecule has 1 atom stereocenters. The Balaban J connectivity index is 0.00000196. The zero-order valence-corrected chi connectivity index (χ0v) is 17.7. The molecule has 0 bridgehead atoms. The summed E-state index contributed by atoms with van der Waals surface area (Å²) in [6.45, 7) is 3.97. The number of amides is 1. The smallest absolute Gasteiger partial charge is 0.239 e. The lowest BCUT2D eigenvalue weighted by Gasteiger charge is -2.25. The predicted molar refractivity (Wildman–Crippen MR) is 119 cm³/mol. The van der Waals surface area contributed by atoms with E-state index in [4.69, 9.17) is 0 Å². The van der Waals surface area contributed by atoms with Crippen molar-refractivity contribution in [3.63, 3.8) is 0 Å². The lowest BCUT2D eigenvalue weighted by molar-refractivity contribution is -0.119. The van der Waals surface area contributed by atoms with Gasteiger partial charge in [-0.2, -0.15) is 0 Å². The van der Waals surface area contributed by atoms with Crippen molar-refractivity contribution in [3.05, 3.63) is 60.4 Å². The first-order valence-corrected chi connectivity index (χ1v) is 9.47. The Labute approximate surface area is 180 Å². The second-order valence-corrected chi connectivity index (χ2v) is 6.90. The van der Waals surface area contributed by atoms with E-state index in [1.54, 1.807) is 6.20 Å². The molecule has 1 aliphatic rings. The third-order valence-electron chi connectivity index (χ3n) is 4.83. The van der Waals surface area contributed by atoms with Crippen LogP contribution < -0.4 is 15.5 Å².